The lowest BCUT2D eigenvalue weighted by Gasteiger charge is -2.07. The van der Waals surface area contributed by atoms with Gasteiger partial charge in [0.2, 0.25) is 0 Å². The molecule has 0 amide bonds. The largest absolute Gasteiger partial charge is 0.456 e. The lowest BCUT2D eigenvalue weighted by atomic mass is 10.2. The van der Waals surface area contributed by atoms with E-state index in [4.69, 9.17) is 16.3 Å². The van der Waals surface area contributed by atoms with E-state index in [1.165, 1.54) is 16.5 Å². The van der Waals surface area contributed by atoms with Crippen LogP contribution in [-0.2, 0) is 11.3 Å². The van der Waals surface area contributed by atoms with Crippen molar-refractivity contribution in [2.45, 2.75) is 13.5 Å². The van der Waals surface area contributed by atoms with E-state index in [2.05, 4.69) is 4.98 Å². The van der Waals surface area contributed by atoms with Gasteiger partial charge >= 0.3 is 5.97 Å². The van der Waals surface area contributed by atoms with E-state index in [-0.39, 0.29) is 22.8 Å². The molecule has 0 aliphatic rings. The average molecular weight is 347 g/mol. The molecule has 0 aliphatic heterocycles. The number of aryl methyl sites for hydroxylation is 1. The second-order valence-corrected chi connectivity index (χ2v) is 5.63. The summed E-state index contributed by atoms with van der Waals surface area (Å²) in [6.45, 7) is 1.68. The Morgan fingerprint density at radius 1 is 1.29 bits per heavy atom. The highest BCUT2D eigenvalue weighted by atomic mass is 35.5. The fourth-order valence-electron chi connectivity index (χ4n) is 2.20. The maximum absolute atomic E-state index is 13.0. The van der Waals surface area contributed by atoms with Crippen LogP contribution < -0.4 is 5.56 Å². The Hall–Kier alpha value is -2.73. The molecule has 0 aliphatic carbocycles. The van der Waals surface area contributed by atoms with E-state index in [1.807, 2.05) is 13.0 Å². The molecule has 2 aromatic heterocycles. The van der Waals surface area contributed by atoms with Crippen molar-refractivity contribution in [3.8, 4) is 0 Å². The molecule has 0 fully saturated rings. The highest BCUT2D eigenvalue weighted by Gasteiger charge is 2.13. The topological polar surface area (TPSA) is 60.7 Å². The fraction of sp³-hybridized carbons (Fsp3) is 0.118. The van der Waals surface area contributed by atoms with Gasteiger partial charge in [-0.1, -0.05) is 17.7 Å². The molecule has 0 unspecified atom stereocenters. The second-order valence-electron chi connectivity index (χ2n) is 5.22. The molecule has 0 bridgehead atoms. The van der Waals surface area contributed by atoms with Gasteiger partial charge in [0, 0.05) is 12.3 Å². The van der Waals surface area contributed by atoms with Gasteiger partial charge in [0.1, 0.15) is 18.1 Å². The zero-order valence-corrected chi connectivity index (χ0v) is 13.4. The molecule has 0 saturated carbocycles. The van der Waals surface area contributed by atoms with Crippen LogP contribution in [-0.4, -0.2) is 15.4 Å². The number of nitrogens with zero attached hydrogens (tertiary/aromatic N) is 2. The van der Waals surface area contributed by atoms with Crippen molar-refractivity contribution in [2.75, 3.05) is 0 Å². The summed E-state index contributed by atoms with van der Waals surface area (Å²) in [5.74, 6) is -1.26. The first-order valence-corrected chi connectivity index (χ1v) is 7.43. The third kappa shape index (κ3) is 3.28. The normalized spacial score (nSPS) is 10.8. The maximum Gasteiger partial charge on any atom is 0.340 e. The third-order valence-corrected chi connectivity index (χ3v) is 3.68. The highest BCUT2D eigenvalue weighted by Crippen LogP contribution is 2.18. The number of ether oxygens (including phenoxy) is 1. The number of fused-ring (bicyclic) bond motifs is 1. The molecule has 7 heteroatoms. The quantitative estimate of drug-likeness (QED) is 0.683. The van der Waals surface area contributed by atoms with Crippen LogP contribution in [0.2, 0.25) is 5.02 Å². The highest BCUT2D eigenvalue weighted by molar-refractivity contribution is 6.33. The zero-order valence-electron chi connectivity index (χ0n) is 12.6. The number of benzene rings is 1. The number of rotatable bonds is 3. The number of hydrogen-bond acceptors (Lipinski definition) is 4. The predicted molar refractivity (Wildman–Crippen MR) is 86.7 cm³/mol. The van der Waals surface area contributed by atoms with Crippen LogP contribution >= 0.6 is 11.6 Å². The third-order valence-electron chi connectivity index (χ3n) is 3.36. The molecule has 0 atom stereocenters. The summed E-state index contributed by atoms with van der Waals surface area (Å²) >= 11 is 5.81. The first-order chi connectivity index (χ1) is 11.4. The van der Waals surface area contributed by atoms with Crippen molar-refractivity contribution in [2.24, 2.45) is 0 Å². The SMILES string of the molecule is Cc1ccc2nc(COC(=O)c3ccc(F)cc3Cl)cc(=O)n2c1. The molecular formula is C17H12ClFN2O3. The molecule has 0 saturated heterocycles. The van der Waals surface area contributed by atoms with Crippen LogP contribution in [0.25, 0.3) is 5.65 Å². The van der Waals surface area contributed by atoms with E-state index in [1.54, 1.807) is 12.3 Å². The molecule has 2 heterocycles. The number of pyridine rings is 1. The maximum atomic E-state index is 13.0. The van der Waals surface area contributed by atoms with Crippen LogP contribution in [0.3, 0.4) is 0 Å². The van der Waals surface area contributed by atoms with Crippen LogP contribution in [0, 0.1) is 12.7 Å². The van der Waals surface area contributed by atoms with Gasteiger partial charge in [0.15, 0.2) is 0 Å². The number of hydrogen-bond donors (Lipinski definition) is 0. The van der Waals surface area contributed by atoms with E-state index in [0.717, 1.165) is 17.7 Å². The minimum absolute atomic E-state index is 0.0398. The Bertz CT molecular complexity index is 1000. The summed E-state index contributed by atoms with van der Waals surface area (Å²) in [6.07, 6.45) is 1.68. The van der Waals surface area contributed by atoms with Crippen molar-refractivity contribution >= 4 is 23.2 Å². The monoisotopic (exact) mass is 346 g/mol. The summed E-state index contributed by atoms with van der Waals surface area (Å²) in [6, 6.07) is 8.22. The molecule has 5 nitrogen and oxygen atoms in total. The van der Waals surface area contributed by atoms with Crippen LogP contribution in [0.4, 0.5) is 4.39 Å². The average Bonchev–Trinajstić information content (AvgIpc) is 2.53. The smallest absolute Gasteiger partial charge is 0.340 e. The minimum atomic E-state index is -0.717. The Labute approximate surface area is 141 Å². The molecule has 24 heavy (non-hydrogen) atoms. The van der Waals surface area contributed by atoms with Crippen molar-refractivity contribution in [1.82, 2.24) is 9.38 Å². The number of carbonyl (C=O) groups is 1. The van der Waals surface area contributed by atoms with E-state index < -0.39 is 11.8 Å². The van der Waals surface area contributed by atoms with Gasteiger partial charge in [-0.15, -0.1) is 0 Å². The van der Waals surface area contributed by atoms with Crippen molar-refractivity contribution in [3.63, 3.8) is 0 Å². The molecule has 0 radical (unpaired) electrons. The molecular weight excluding hydrogens is 335 g/mol. The number of aromatic nitrogens is 2. The van der Waals surface area contributed by atoms with Crippen LogP contribution in [0.5, 0.6) is 0 Å². The molecule has 122 valence electrons. The first kappa shape index (κ1) is 16.1. The molecule has 1 aromatic carbocycles. The van der Waals surface area contributed by atoms with E-state index in [9.17, 15) is 14.0 Å². The molecule has 0 N–H and O–H groups in total. The Morgan fingerprint density at radius 3 is 2.83 bits per heavy atom. The van der Waals surface area contributed by atoms with E-state index >= 15 is 0 Å². The summed E-state index contributed by atoms with van der Waals surface area (Å²) in [4.78, 5) is 28.4. The second kappa shape index (κ2) is 6.41. The zero-order chi connectivity index (χ0) is 17.3. The van der Waals surface area contributed by atoms with Gasteiger partial charge in [-0.3, -0.25) is 9.20 Å². The van der Waals surface area contributed by atoms with Gasteiger partial charge in [-0.25, -0.2) is 14.2 Å². The van der Waals surface area contributed by atoms with Crippen molar-refractivity contribution in [1.29, 1.82) is 0 Å². The molecule has 3 rings (SSSR count). The van der Waals surface area contributed by atoms with Crippen LogP contribution in [0.15, 0.2) is 47.4 Å². The van der Waals surface area contributed by atoms with Gasteiger partial charge in [0.25, 0.3) is 5.56 Å². The van der Waals surface area contributed by atoms with Gasteiger partial charge in [-0.05, 0) is 36.8 Å². The summed E-state index contributed by atoms with van der Waals surface area (Å²) in [5.41, 5.74) is 1.48. The summed E-state index contributed by atoms with van der Waals surface area (Å²) in [5, 5.41) is -0.0398. The van der Waals surface area contributed by atoms with Gasteiger partial charge in [0.05, 0.1) is 16.3 Å². The predicted octanol–water partition coefficient (Wildman–Crippen LogP) is 3.15. The number of esters is 1. The molecule has 0 spiro atoms. The number of carbonyl (C=O) groups excluding carboxylic acids is 1. The Balaban J connectivity index is 1.81. The first-order valence-electron chi connectivity index (χ1n) is 7.05. The number of halogens is 2. The summed E-state index contributed by atoms with van der Waals surface area (Å²) < 4.78 is 19.5. The summed E-state index contributed by atoms with van der Waals surface area (Å²) in [7, 11) is 0. The lowest BCUT2D eigenvalue weighted by Crippen LogP contribution is -2.17. The minimum Gasteiger partial charge on any atom is -0.456 e. The molecule has 3 aromatic rings. The Kier molecular flexibility index (Phi) is 4.31. The van der Waals surface area contributed by atoms with Crippen LogP contribution in [0.1, 0.15) is 21.6 Å². The van der Waals surface area contributed by atoms with Crippen molar-refractivity contribution in [3.05, 3.63) is 80.6 Å². The fourth-order valence-corrected chi connectivity index (χ4v) is 2.45. The Morgan fingerprint density at radius 2 is 2.08 bits per heavy atom. The van der Waals surface area contributed by atoms with Crippen molar-refractivity contribution < 1.29 is 13.9 Å². The standard InChI is InChI=1S/C17H12ClFN2O3/c1-10-2-5-15-20-12(7-16(22)21(15)8-10)9-24-17(23)13-4-3-11(19)6-14(13)18/h2-8H,9H2,1H3. The van der Waals surface area contributed by atoms with Gasteiger partial charge < -0.3 is 4.74 Å². The lowest BCUT2D eigenvalue weighted by molar-refractivity contribution is 0.0468. The van der Waals surface area contributed by atoms with Gasteiger partial charge in [-0.2, -0.15) is 0 Å². The van der Waals surface area contributed by atoms with E-state index in [0.29, 0.717) is 11.3 Å².